The van der Waals surface area contributed by atoms with E-state index in [1.807, 2.05) is 13.0 Å². The molecule has 0 saturated carbocycles. The Morgan fingerprint density at radius 1 is 1.25 bits per heavy atom. The van der Waals surface area contributed by atoms with Crippen molar-refractivity contribution in [2.24, 2.45) is 0 Å². The van der Waals surface area contributed by atoms with Crippen LogP contribution >= 0.6 is 0 Å². The van der Waals surface area contributed by atoms with Crippen LogP contribution in [0.5, 0.6) is 0 Å². The zero-order valence-electron chi connectivity index (χ0n) is 12.9. The summed E-state index contributed by atoms with van der Waals surface area (Å²) in [7, 11) is 0. The van der Waals surface area contributed by atoms with Gasteiger partial charge in [0.2, 0.25) is 0 Å². The Balaban J connectivity index is 2.81. The quantitative estimate of drug-likeness (QED) is 0.667. The maximum absolute atomic E-state index is 14.1. The smallest absolute Gasteiger partial charge is 0.129 e. The van der Waals surface area contributed by atoms with Gasteiger partial charge in [-0.1, -0.05) is 13.0 Å². The largest absolute Gasteiger partial charge is 0.380 e. The van der Waals surface area contributed by atoms with Crippen LogP contribution in [0.2, 0.25) is 0 Å². The highest BCUT2D eigenvalue weighted by atomic mass is 19.1. The van der Waals surface area contributed by atoms with Gasteiger partial charge in [-0.05, 0) is 38.9 Å². The minimum atomic E-state index is -0.138. The SMILES string of the molecule is CCCNCc1c(F)cccc1N(CC)CCOCC. The molecule has 0 aromatic heterocycles. The molecular formula is C16H27FN2O. The summed E-state index contributed by atoms with van der Waals surface area (Å²) in [6.07, 6.45) is 1.05. The predicted octanol–water partition coefficient (Wildman–Crippen LogP) is 3.19. The topological polar surface area (TPSA) is 24.5 Å². The third-order valence-electron chi connectivity index (χ3n) is 3.25. The molecule has 0 spiro atoms. The highest BCUT2D eigenvalue weighted by Gasteiger charge is 2.13. The first-order valence-electron chi connectivity index (χ1n) is 7.55. The molecule has 0 radical (unpaired) electrons. The molecule has 1 N–H and O–H groups in total. The van der Waals surface area contributed by atoms with Gasteiger partial charge < -0.3 is 15.0 Å². The van der Waals surface area contributed by atoms with Crippen LogP contribution in [0.3, 0.4) is 0 Å². The first-order chi connectivity index (χ1) is 9.74. The minimum absolute atomic E-state index is 0.138. The molecule has 4 heteroatoms. The predicted molar refractivity (Wildman–Crippen MR) is 82.8 cm³/mol. The molecule has 114 valence electrons. The van der Waals surface area contributed by atoms with Gasteiger partial charge in [0, 0.05) is 37.5 Å². The highest BCUT2D eigenvalue weighted by molar-refractivity contribution is 5.54. The Hall–Kier alpha value is -1.13. The summed E-state index contributed by atoms with van der Waals surface area (Å²) in [5, 5.41) is 3.28. The van der Waals surface area contributed by atoms with Crippen molar-refractivity contribution >= 4 is 5.69 Å². The number of hydrogen-bond donors (Lipinski definition) is 1. The molecule has 1 rings (SSSR count). The van der Waals surface area contributed by atoms with Crippen molar-refractivity contribution in [3.63, 3.8) is 0 Å². The van der Waals surface area contributed by atoms with Crippen LogP contribution in [-0.4, -0.2) is 32.8 Å². The molecule has 3 nitrogen and oxygen atoms in total. The number of nitrogens with zero attached hydrogens (tertiary/aromatic N) is 1. The third-order valence-corrected chi connectivity index (χ3v) is 3.25. The molecule has 0 heterocycles. The van der Waals surface area contributed by atoms with Crippen molar-refractivity contribution in [3.05, 3.63) is 29.6 Å². The summed E-state index contributed by atoms with van der Waals surface area (Å²) in [6.45, 7) is 10.7. The lowest BCUT2D eigenvalue weighted by Crippen LogP contribution is -2.29. The van der Waals surface area contributed by atoms with Crippen LogP contribution in [0, 0.1) is 5.82 Å². The Bertz CT molecular complexity index is 385. The van der Waals surface area contributed by atoms with E-state index in [9.17, 15) is 4.39 Å². The van der Waals surface area contributed by atoms with E-state index in [1.54, 1.807) is 6.07 Å². The molecule has 0 bridgehead atoms. The van der Waals surface area contributed by atoms with E-state index >= 15 is 0 Å². The Morgan fingerprint density at radius 3 is 2.70 bits per heavy atom. The number of benzene rings is 1. The van der Waals surface area contributed by atoms with Crippen molar-refractivity contribution in [1.82, 2.24) is 5.32 Å². The lowest BCUT2D eigenvalue weighted by Gasteiger charge is -2.26. The molecule has 0 saturated heterocycles. The fourth-order valence-corrected chi connectivity index (χ4v) is 2.18. The molecule has 0 unspecified atom stereocenters. The van der Waals surface area contributed by atoms with Gasteiger partial charge in [-0.2, -0.15) is 0 Å². The molecule has 0 aliphatic carbocycles. The maximum atomic E-state index is 14.1. The monoisotopic (exact) mass is 282 g/mol. The summed E-state index contributed by atoms with van der Waals surface area (Å²) in [4.78, 5) is 2.17. The van der Waals surface area contributed by atoms with E-state index in [2.05, 4.69) is 24.1 Å². The number of rotatable bonds is 10. The van der Waals surface area contributed by atoms with Crippen LogP contribution in [0.15, 0.2) is 18.2 Å². The van der Waals surface area contributed by atoms with Gasteiger partial charge >= 0.3 is 0 Å². The number of hydrogen-bond acceptors (Lipinski definition) is 3. The Labute approximate surface area is 122 Å². The summed E-state index contributed by atoms with van der Waals surface area (Å²) in [5.74, 6) is -0.138. The van der Waals surface area contributed by atoms with Crippen molar-refractivity contribution in [2.45, 2.75) is 33.7 Å². The van der Waals surface area contributed by atoms with E-state index in [1.165, 1.54) is 6.07 Å². The molecule has 0 aliphatic rings. The van der Waals surface area contributed by atoms with Gasteiger partial charge in [-0.25, -0.2) is 4.39 Å². The lowest BCUT2D eigenvalue weighted by atomic mass is 10.1. The summed E-state index contributed by atoms with van der Waals surface area (Å²) in [5.41, 5.74) is 1.72. The van der Waals surface area contributed by atoms with Gasteiger partial charge in [0.25, 0.3) is 0 Å². The van der Waals surface area contributed by atoms with E-state index < -0.39 is 0 Å². The van der Waals surface area contributed by atoms with E-state index in [0.29, 0.717) is 19.8 Å². The molecule has 1 aromatic carbocycles. The lowest BCUT2D eigenvalue weighted by molar-refractivity contribution is 0.154. The fourth-order valence-electron chi connectivity index (χ4n) is 2.18. The Morgan fingerprint density at radius 2 is 2.05 bits per heavy atom. The van der Waals surface area contributed by atoms with Gasteiger partial charge in [0.1, 0.15) is 5.82 Å². The van der Waals surface area contributed by atoms with Crippen LogP contribution in [0.25, 0.3) is 0 Å². The van der Waals surface area contributed by atoms with Crippen molar-refractivity contribution in [3.8, 4) is 0 Å². The third kappa shape index (κ3) is 5.10. The average molecular weight is 282 g/mol. The van der Waals surface area contributed by atoms with Gasteiger partial charge in [-0.15, -0.1) is 0 Å². The number of nitrogens with one attached hydrogen (secondary N) is 1. The van der Waals surface area contributed by atoms with Crippen LogP contribution in [0.1, 0.15) is 32.8 Å². The number of halogens is 1. The highest BCUT2D eigenvalue weighted by Crippen LogP contribution is 2.23. The molecule has 1 aromatic rings. The normalized spacial score (nSPS) is 10.8. The standard InChI is InChI=1S/C16H27FN2O/c1-4-10-18-13-14-15(17)8-7-9-16(14)19(5-2)11-12-20-6-3/h7-9,18H,4-6,10-13H2,1-3H3. The molecular weight excluding hydrogens is 255 g/mol. The van der Waals surface area contributed by atoms with Crippen molar-refractivity contribution in [2.75, 3.05) is 37.7 Å². The second-order valence-corrected chi connectivity index (χ2v) is 4.69. The van der Waals surface area contributed by atoms with Crippen molar-refractivity contribution in [1.29, 1.82) is 0 Å². The van der Waals surface area contributed by atoms with Gasteiger partial charge in [0.05, 0.1) is 6.61 Å². The summed E-state index contributed by atoms with van der Waals surface area (Å²) >= 11 is 0. The Kier molecular flexibility index (Phi) is 8.23. The van der Waals surface area contributed by atoms with Gasteiger partial charge in [0.15, 0.2) is 0 Å². The molecule has 20 heavy (non-hydrogen) atoms. The van der Waals surface area contributed by atoms with Crippen LogP contribution in [0.4, 0.5) is 10.1 Å². The van der Waals surface area contributed by atoms with Crippen LogP contribution in [-0.2, 0) is 11.3 Å². The first-order valence-corrected chi connectivity index (χ1v) is 7.55. The second kappa shape index (κ2) is 9.72. The average Bonchev–Trinajstić information content (AvgIpc) is 2.46. The van der Waals surface area contributed by atoms with E-state index in [4.69, 9.17) is 4.74 Å². The van der Waals surface area contributed by atoms with Crippen LogP contribution < -0.4 is 10.2 Å². The number of anilines is 1. The first kappa shape index (κ1) is 16.9. The van der Waals surface area contributed by atoms with Gasteiger partial charge in [-0.3, -0.25) is 0 Å². The summed E-state index contributed by atoms with van der Waals surface area (Å²) < 4.78 is 19.5. The minimum Gasteiger partial charge on any atom is -0.380 e. The molecule has 0 atom stereocenters. The molecule has 0 aliphatic heterocycles. The maximum Gasteiger partial charge on any atom is 0.129 e. The number of ether oxygens (including phenoxy) is 1. The van der Waals surface area contributed by atoms with E-state index in [0.717, 1.165) is 37.3 Å². The number of likely N-dealkylation sites (N-methyl/N-ethyl adjacent to an activating group) is 1. The molecule has 0 fully saturated rings. The summed E-state index contributed by atoms with van der Waals surface area (Å²) in [6, 6.07) is 5.29. The van der Waals surface area contributed by atoms with E-state index in [-0.39, 0.29) is 5.82 Å². The zero-order chi connectivity index (χ0) is 14.8. The zero-order valence-corrected chi connectivity index (χ0v) is 12.9. The molecule has 0 amide bonds. The fraction of sp³-hybridized carbons (Fsp3) is 0.625. The second-order valence-electron chi connectivity index (χ2n) is 4.69. The van der Waals surface area contributed by atoms with Crippen molar-refractivity contribution < 1.29 is 9.13 Å².